The lowest BCUT2D eigenvalue weighted by molar-refractivity contribution is -0.142. The maximum atomic E-state index is 14.8. The van der Waals surface area contributed by atoms with Crippen molar-refractivity contribution in [2.45, 2.75) is 125 Å². The lowest BCUT2D eigenvalue weighted by Gasteiger charge is -2.32. The van der Waals surface area contributed by atoms with Gasteiger partial charge in [0.15, 0.2) is 0 Å². The molecule has 7 atom stereocenters. The van der Waals surface area contributed by atoms with E-state index in [1.54, 1.807) is 0 Å². The zero-order valence-corrected chi connectivity index (χ0v) is 31.9. The summed E-state index contributed by atoms with van der Waals surface area (Å²) in [7, 11) is -3.88. The summed E-state index contributed by atoms with van der Waals surface area (Å²) in [6.07, 6.45) is 14.0. The molecule has 3 heterocycles. The van der Waals surface area contributed by atoms with E-state index < -0.39 is 68.7 Å². The fourth-order valence-corrected chi connectivity index (χ4v) is 10.6. The van der Waals surface area contributed by atoms with Crippen LogP contribution in [0.15, 0.2) is 49.1 Å². The number of nitrogens with zero attached hydrogens (tertiary/aromatic N) is 2. The molecule has 1 saturated heterocycles. The number of benzene rings is 1. The molecule has 1 aromatic heterocycles. The third-order valence-electron chi connectivity index (χ3n) is 12.6. The van der Waals surface area contributed by atoms with Gasteiger partial charge >= 0.3 is 6.09 Å². The molecule has 4 aliphatic carbocycles. The van der Waals surface area contributed by atoms with E-state index in [2.05, 4.69) is 28.0 Å². The van der Waals surface area contributed by atoms with Gasteiger partial charge in [-0.15, -0.1) is 6.58 Å². The molecule has 3 N–H and O–H groups in total. The number of hydrogen-bond donors (Lipinski definition) is 3. The van der Waals surface area contributed by atoms with Crippen LogP contribution in [0.5, 0.6) is 5.75 Å². The topological polar surface area (TPSA) is 173 Å². The van der Waals surface area contributed by atoms with Gasteiger partial charge in [0, 0.05) is 17.7 Å². The van der Waals surface area contributed by atoms with Crippen molar-refractivity contribution < 1.29 is 37.1 Å². The second kappa shape index (κ2) is 15.2. The van der Waals surface area contributed by atoms with Crippen LogP contribution in [0.4, 0.5) is 4.79 Å². The molecule has 2 aliphatic heterocycles. The Morgan fingerprint density at radius 2 is 1.75 bits per heavy atom. The number of rotatable bonds is 7. The largest absolute Gasteiger partial charge is 0.486 e. The van der Waals surface area contributed by atoms with Crippen molar-refractivity contribution in [3.8, 4) is 5.75 Å². The molecule has 55 heavy (non-hydrogen) atoms. The van der Waals surface area contributed by atoms with Crippen LogP contribution in [0.1, 0.15) is 95.6 Å². The van der Waals surface area contributed by atoms with Crippen LogP contribution < -0.4 is 20.1 Å². The Morgan fingerprint density at radius 3 is 2.51 bits per heavy atom. The quantitative estimate of drug-likeness (QED) is 0.331. The van der Waals surface area contributed by atoms with E-state index in [1.165, 1.54) is 11.0 Å². The Morgan fingerprint density at radius 1 is 0.982 bits per heavy atom. The van der Waals surface area contributed by atoms with Crippen LogP contribution in [-0.2, 0) is 29.1 Å². The molecule has 0 spiro atoms. The summed E-state index contributed by atoms with van der Waals surface area (Å²) in [6.45, 7) is 3.85. The minimum absolute atomic E-state index is 0.0394. The first kappa shape index (κ1) is 37.5. The van der Waals surface area contributed by atoms with Crippen LogP contribution in [0.3, 0.4) is 0 Å². The van der Waals surface area contributed by atoms with E-state index in [-0.39, 0.29) is 37.3 Å². The third kappa shape index (κ3) is 7.84. The molecule has 2 bridgehead atoms. The van der Waals surface area contributed by atoms with Crippen molar-refractivity contribution in [2.75, 3.05) is 6.54 Å². The molecular weight excluding hydrogens is 723 g/mol. The summed E-state index contributed by atoms with van der Waals surface area (Å²) in [5, 5.41) is 6.07. The zero-order chi connectivity index (χ0) is 38.3. The normalized spacial score (nSPS) is 31.6. The van der Waals surface area contributed by atoms with Crippen LogP contribution >= 0.6 is 0 Å². The van der Waals surface area contributed by atoms with E-state index in [9.17, 15) is 27.6 Å². The van der Waals surface area contributed by atoms with Gasteiger partial charge in [0.25, 0.3) is 5.91 Å². The van der Waals surface area contributed by atoms with Crippen molar-refractivity contribution in [3.63, 3.8) is 0 Å². The van der Waals surface area contributed by atoms with Crippen LogP contribution in [-0.4, -0.2) is 83.7 Å². The molecular formula is C41H51N5O8S. The lowest BCUT2D eigenvalue weighted by Crippen LogP contribution is -2.59. The monoisotopic (exact) mass is 773 g/mol. The Bertz CT molecular complexity index is 1990. The van der Waals surface area contributed by atoms with Gasteiger partial charge in [0.2, 0.25) is 21.8 Å². The highest BCUT2D eigenvalue weighted by atomic mass is 32.2. The number of allylic oxidation sites excluding steroid dienone is 1. The Hall–Kier alpha value is -4.46. The molecule has 14 heteroatoms. The highest BCUT2D eigenvalue weighted by Crippen LogP contribution is 2.46. The number of carbonyl (C=O) groups is 4. The van der Waals surface area contributed by atoms with Gasteiger partial charge in [-0.2, -0.15) is 0 Å². The van der Waals surface area contributed by atoms with Gasteiger partial charge in [-0.1, -0.05) is 43.2 Å². The van der Waals surface area contributed by atoms with Crippen LogP contribution in [0.25, 0.3) is 17.0 Å². The number of pyridine rings is 1. The summed E-state index contributed by atoms with van der Waals surface area (Å²) in [6, 6.07) is 7.69. The van der Waals surface area contributed by atoms with Gasteiger partial charge in [0.1, 0.15) is 41.3 Å². The molecule has 0 unspecified atom stereocenters. The number of para-hydroxylation sites is 1. The van der Waals surface area contributed by atoms with E-state index in [1.807, 2.05) is 36.4 Å². The Labute approximate surface area is 322 Å². The number of nitrogens with one attached hydrogen (secondary N) is 3. The van der Waals surface area contributed by atoms with Crippen molar-refractivity contribution in [2.24, 2.45) is 17.8 Å². The smallest absolute Gasteiger partial charge is 0.408 e. The van der Waals surface area contributed by atoms with Crippen molar-refractivity contribution >= 4 is 50.8 Å². The zero-order valence-electron chi connectivity index (χ0n) is 31.1. The Kier molecular flexibility index (Phi) is 10.4. The number of ether oxygens (including phenoxy) is 2. The van der Waals surface area contributed by atoms with Gasteiger partial charge in [-0.25, -0.2) is 18.2 Å². The number of carbonyl (C=O) groups excluding carboxylic acids is 4. The maximum absolute atomic E-state index is 14.8. The summed E-state index contributed by atoms with van der Waals surface area (Å²) >= 11 is 0. The summed E-state index contributed by atoms with van der Waals surface area (Å²) in [5.41, 5.74) is -0.0687. The van der Waals surface area contributed by atoms with Gasteiger partial charge in [-0.3, -0.25) is 19.1 Å². The fourth-order valence-electron chi connectivity index (χ4n) is 9.23. The molecule has 5 fully saturated rings. The number of aromatic nitrogens is 1. The third-order valence-corrected chi connectivity index (χ3v) is 14.4. The fraction of sp³-hybridized carbons (Fsp3) is 0.585. The number of amides is 4. The second-order valence-corrected chi connectivity index (χ2v) is 18.3. The first-order valence-electron chi connectivity index (χ1n) is 20.1. The Balaban J connectivity index is 1.13. The number of sulfonamides is 1. The van der Waals surface area contributed by atoms with Crippen LogP contribution in [0.2, 0.25) is 0 Å². The SMILES string of the molecule is C=C[C@@H]1C[C@]1(NC(=O)[C@@H]1C[C@@H]2CN1C(=O)[C@H](C1CCCC1)NC(=O)O[C@@H]1CCC[C@H]1CCCC=Cc1nc3ccccc3cc1O2)C(=O)NS(=O)(=O)C1CC1. The van der Waals surface area contributed by atoms with Gasteiger partial charge < -0.3 is 25.0 Å². The number of alkyl carbamates (subject to hydrolysis) is 1. The summed E-state index contributed by atoms with van der Waals surface area (Å²) < 4.78 is 40.4. The molecule has 294 valence electrons. The minimum Gasteiger partial charge on any atom is -0.486 e. The van der Waals surface area contributed by atoms with E-state index in [0.717, 1.165) is 75.1 Å². The molecule has 2 aromatic rings. The van der Waals surface area contributed by atoms with Crippen molar-refractivity contribution in [1.29, 1.82) is 0 Å². The summed E-state index contributed by atoms with van der Waals surface area (Å²) in [4.78, 5) is 62.8. The van der Waals surface area contributed by atoms with Crippen molar-refractivity contribution in [3.05, 3.63) is 54.8 Å². The highest BCUT2D eigenvalue weighted by molar-refractivity contribution is 7.91. The first-order valence-corrected chi connectivity index (χ1v) is 21.6. The molecule has 0 radical (unpaired) electrons. The number of hydrogen-bond acceptors (Lipinski definition) is 9. The predicted molar refractivity (Wildman–Crippen MR) is 205 cm³/mol. The van der Waals surface area contributed by atoms with Gasteiger partial charge in [-0.05, 0) is 101 Å². The highest BCUT2D eigenvalue weighted by Gasteiger charge is 2.62. The molecule has 4 saturated carbocycles. The maximum Gasteiger partial charge on any atom is 0.408 e. The summed E-state index contributed by atoms with van der Waals surface area (Å²) in [5.74, 6) is -1.71. The average molecular weight is 774 g/mol. The van der Waals surface area contributed by atoms with E-state index in [4.69, 9.17) is 14.5 Å². The first-order chi connectivity index (χ1) is 26.5. The van der Waals surface area contributed by atoms with E-state index >= 15 is 0 Å². The molecule has 13 nitrogen and oxygen atoms in total. The molecule has 6 aliphatic rings. The molecule has 4 amide bonds. The van der Waals surface area contributed by atoms with Crippen LogP contribution in [0, 0.1) is 17.8 Å². The minimum atomic E-state index is -3.88. The van der Waals surface area contributed by atoms with E-state index in [0.29, 0.717) is 24.3 Å². The second-order valence-electron chi connectivity index (χ2n) is 16.4. The number of fused-ring (bicyclic) bond motifs is 5. The standard InChI is InChI=1S/C41H51N5O8S/c1-2-28-23-41(28,39(49)45-55(51,52)30-19-20-30)44-37(47)33-22-29-24-46(33)38(48)36(26-12-6-7-13-26)43-40(50)54-34-18-10-15-25(34)11-4-3-5-17-32-35(53-29)21-27-14-8-9-16-31(27)42-32/h2,5,8-9,14,16-17,21,25-26,28-30,33-34,36H,1,3-4,6-7,10-13,15,18-20,22-24H2,(H,43,50)(H,44,47)(H,45,49)/t25-,28-,29-,33+,34-,36+,41-/m1/s1. The van der Waals surface area contributed by atoms with Crippen molar-refractivity contribution in [1.82, 2.24) is 25.2 Å². The molecule has 8 rings (SSSR count). The predicted octanol–water partition coefficient (Wildman–Crippen LogP) is 4.90. The van der Waals surface area contributed by atoms with Gasteiger partial charge in [0.05, 0.1) is 17.3 Å². The lowest BCUT2D eigenvalue weighted by atomic mass is 9.96. The average Bonchev–Trinajstić information content (AvgIpc) is 3.95. The molecule has 1 aromatic carbocycles.